The van der Waals surface area contributed by atoms with Crippen LogP contribution in [0.25, 0.3) is 0 Å². The molecule has 1 aromatic rings. The summed E-state index contributed by atoms with van der Waals surface area (Å²) in [5, 5.41) is 0.330. The Morgan fingerprint density at radius 3 is 2.83 bits per heavy atom. The molecule has 0 aliphatic heterocycles. The number of carbonyl (C=O) groups is 1. The minimum atomic E-state index is -0.880. The average molecular weight is 250 g/mol. The van der Waals surface area contributed by atoms with Gasteiger partial charge in [-0.1, -0.05) is 17.7 Å². The summed E-state index contributed by atoms with van der Waals surface area (Å²) in [5.41, 5.74) is 4.81. The second-order valence-electron chi connectivity index (χ2n) is 1.97. The molecule has 0 aliphatic carbocycles. The number of carbonyl (C=O) groups excluding carboxylic acids is 1. The van der Waals surface area contributed by atoms with Gasteiger partial charge >= 0.3 is 6.09 Å². The molecule has 64 valence electrons. The van der Waals surface area contributed by atoms with Gasteiger partial charge < -0.3 is 10.5 Å². The van der Waals surface area contributed by atoms with Crippen LogP contribution in [0.5, 0.6) is 5.75 Å². The fourth-order valence-electron chi connectivity index (χ4n) is 0.671. The summed E-state index contributed by atoms with van der Waals surface area (Å²) in [6, 6.07) is 4.97. The van der Waals surface area contributed by atoms with E-state index in [0.29, 0.717) is 9.50 Å². The zero-order valence-corrected chi connectivity index (χ0v) is 8.22. The Bertz CT molecular complexity index is 316. The van der Waals surface area contributed by atoms with E-state index >= 15 is 0 Å². The summed E-state index contributed by atoms with van der Waals surface area (Å²) in [4.78, 5) is 10.4. The SMILES string of the molecule is NC(=O)Oc1cccc(Br)c1Cl. The lowest BCUT2D eigenvalue weighted by Crippen LogP contribution is -2.16. The van der Waals surface area contributed by atoms with Gasteiger partial charge in [-0.3, -0.25) is 0 Å². The minimum Gasteiger partial charge on any atom is -0.409 e. The first-order chi connectivity index (χ1) is 5.61. The summed E-state index contributed by atoms with van der Waals surface area (Å²) < 4.78 is 5.26. The molecule has 0 bridgehead atoms. The third-order valence-corrected chi connectivity index (χ3v) is 2.41. The summed E-state index contributed by atoms with van der Waals surface area (Å²) in [5.74, 6) is 0.249. The first-order valence-corrected chi connectivity index (χ1v) is 4.19. The molecule has 0 saturated heterocycles. The van der Waals surface area contributed by atoms with Gasteiger partial charge in [-0.2, -0.15) is 0 Å². The van der Waals surface area contributed by atoms with Crippen molar-refractivity contribution >= 4 is 33.6 Å². The van der Waals surface area contributed by atoms with Crippen LogP contribution >= 0.6 is 27.5 Å². The fourth-order valence-corrected chi connectivity index (χ4v) is 1.18. The molecular formula is C7H5BrClNO2. The van der Waals surface area contributed by atoms with Crippen LogP contribution in [0.1, 0.15) is 0 Å². The molecule has 1 rings (SSSR count). The molecule has 0 radical (unpaired) electrons. The zero-order valence-electron chi connectivity index (χ0n) is 5.88. The number of hydrogen-bond donors (Lipinski definition) is 1. The van der Waals surface area contributed by atoms with E-state index in [1.54, 1.807) is 18.2 Å². The van der Waals surface area contributed by atoms with Gasteiger partial charge in [0.05, 0.1) is 5.02 Å². The van der Waals surface area contributed by atoms with E-state index < -0.39 is 6.09 Å². The summed E-state index contributed by atoms with van der Waals surface area (Å²) in [6.07, 6.45) is -0.880. The first-order valence-electron chi connectivity index (χ1n) is 3.02. The number of hydrogen-bond acceptors (Lipinski definition) is 2. The van der Waals surface area contributed by atoms with Crippen molar-refractivity contribution in [3.8, 4) is 5.75 Å². The van der Waals surface area contributed by atoms with Crippen LogP contribution in [0.4, 0.5) is 4.79 Å². The molecule has 2 N–H and O–H groups in total. The quantitative estimate of drug-likeness (QED) is 0.833. The van der Waals surface area contributed by atoms with E-state index in [-0.39, 0.29) is 5.75 Å². The van der Waals surface area contributed by atoms with Crippen LogP contribution in [0.3, 0.4) is 0 Å². The van der Waals surface area contributed by atoms with E-state index in [4.69, 9.17) is 17.3 Å². The lowest BCUT2D eigenvalue weighted by Gasteiger charge is -2.03. The molecule has 3 nitrogen and oxygen atoms in total. The van der Waals surface area contributed by atoms with Gasteiger partial charge in [0.25, 0.3) is 0 Å². The third kappa shape index (κ3) is 2.12. The molecule has 1 aromatic carbocycles. The molecule has 12 heavy (non-hydrogen) atoms. The molecule has 0 fully saturated rings. The molecule has 0 aromatic heterocycles. The van der Waals surface area contributed by atoms with Gasteiger partial charge in [-0.05, 0) is 28.1 Å². The molecule has 0 saturated carbocycles. The van der Waals surface area contributed by atoms with E-state index in [2.05, 4.69) is 20.7 Å². The topological polar surface area (TPSA) is 52.3 Å². The molecule has 0 aliphatic rings. The Balaban J connectivity index is 3.00. The third-order valence-electron chi connectivity index (χ3n) is 1.13. The monoisotopic (exact) mass is 249 g/mol. The maximum Gasteiger partial charge on any atom is 0.410 e. The second kappa shape index (κ2) is 3.78. The highest BCUT2D eigenvalue weighted by Crippen LogP contribution is 2.31. The molecular weight excluding hydrogens is 245 g/mol. The largest absolute Gasteiger partial charge is 0.410 e. The predicted molar refractivity (Wildman–Crippen MR) is 49.4 cm³/mol. The summed E-state index contributed by atoms with van der Waals surface area (Å²) in [7, 11) is 0. The Labute approximate surface area is 82.6 Å². The molecule has 0 spiro atoms. The lowest BCUT2D eigenvalue weighted by molar-refractivity contribution is 0.211. The van der Waals surface area contributed by atoms with Crippen LogP contribution < -0.4 is 10.5 Å². The van der Waals surface area contributed by atoms with E-state index in [1.807, 2.05) is 0 Å². The highest BCUT2D eigenvalue weighted by molar-refractivity contribution is 9.10. The Hall–Kier alpha value is -0.740. The first kappa shape index (κ1) is 9.35. The van der Waals surface area contributed by atoms with Gasteiger partial charge in [0, 0.05) is 4.47 Å². The lowest BCUT2D eigenvalue weighted by atomic mass is 10.3. The van der Waals surface area contributed by atoms with Gasteiger partial charge in [0.15, 0.2) is 5.75 Å². The van der Waals surface area contributed by atoms with Crippen molar-refractivity contribution in [1.29, 1.82) is 0 Å². The van der Waals surface area contributed by atoms with Crippen molar-refractivity contribution in [3.05, 3.63) is 27.7 Å². The summed E-state index contributed by atoms with van der Waals surface area (Å²) >= 11 is 8.93. The Kier molecular flexibility index (Phi) is 2.94. The van der Waals surface area contributed by atoms with Crippen molar-refractivity contribution in [3.63, 3.8) is 0 Å². The molecule has 0 atom stereocenters. The normalized spacial score (nSPS) is 9.50. The number of nitrogens with two attached hydrogens (primary N) is 1. The van der Waals surface area contributed by atoms with Crippen molar-refractivity contribution in [2.45, 2.75) is 0 Å². The van der Waals surface area contributed by atoms with Gasteiger partial charge in [0.1, 0.15) is 0 Å². The highest BCUT2D eigenvalue weighted by Gasteiger charge is 2.06. The molecule has 1 amide bonds. The molecule has 0 heterocycles. The highest BCUT2D eigenvalue weighted by atomic mass is 79.9. The van der Waals surface area contributed by atoms with Crippen LogP contribution in [-0.4, -0.2) is 6.09 Å². The number of ether oxygens (including phenoxy) is 1. The second-order valence-corrected chi connectivity index (χ2v) is 3.21. The number of benzene rings is 1. The standard InChI is InChI=1S/C7H5BrClNO2/c8-4-2-1-3-5(6(4)9)12-7(10)11/h1-3H,(H2,10,11). The van der Waals surface area contributed by atoms with Gasteiger partial charge in [0.2, 0.25) is 0 Å². The van der Waals surface area contributed by atoms with Crippen molar-refractivity contribution in [1.82, 2.24) is 0 Å². The van der Waals surface area contributed by atoms with Crippen LogP contribution in [0, 0.1) is 0 Å². The Morgan fingerprint density at radius 1 is 1.58 bits per heavy atom. The van der Waals surface area contributed by atoms with Gasteiger partial charge in [-0.15, -0.1) is 0 Å². The molecule has 5 heteroatoms. The number of amides is 1. The average Bonchev–Trinajstić information content (AvgIpc) is 1.98. The van der Waals surface area contributed by atoms with Crippen molar-refractivity contribution < 1.29 is 9.53 Å². The number of rotatable bonds is 1. The zero-order chi connectivity index (χ0) is 9.14. The maximum absolute atomic E-state index is 10.4. The minimum absolute atomic E-state index is 0.249. The Morgan fingerprint density at radius 2 is 2.25 bits per heavy atom. The number of halogens is 2. The summed E-state index contributed by atoms with van der Waals surface area (Å²) in [6.45, 7) is 0. The van der Waals surface area contributed by atoms with Crippen LogP contribution in [0.2, 0.25) is 5.02 Å². The van der Waals surface area contributed by atoms with Crippen LogP contribution in [0.15, 0.2) is 22.7 Å². The predicted octanol–water partition coefficient (Wildman–Crippen LogP) is 2.56. The van der Waals surface area contributed by atoms with E-state index in [9.17, 15) is 4.79 Å². The van der Waals surface area contributed by atoms with Crippen molar-refractivity contribution in [2.75, 3.05) is 0 Å². The van der Waals surface area contributed by atoms with Gasteiger partial charge in [-0.25, -0.2) is 4.79 Å². The van der Waals surface area contributed by atoms with E-state index in [0.717, 1.165) is 0 Å². The molecule has 0 unspecified atom stereocenters. The number of primary amides is 1. The van der Waals surface area contributed by atoms with Crippen LogP contribution in [-0.2, 0) is 0 Å². The maximum atomic E-state index is 10.4. The van der Waals surface area contributed by atoms with E-state index in [1.165, 1.54) is 0 Å². The fraction of sp³-hybridized carbons (Fsp3) is 0. The smallest absolute Gasteiger partial charge is 0.409 e. The van der Waals surface area contributed by atoms with Crippen molar-refractivity contribution in [2.24, 2.45) is 5.73 Å².